The average Bonchev–Trinajstić information content (AvgIpc) is 2.76. The number of hydrogen-bond donors (Lipinski definition) is 1. The first-order valence-electron chi connectivity index (χ1n) is 10.2. The van der Waals surface area contributed by atoms with E-state index < -0.39 is 17.9 Å². The van der Waals surface area contributed by atoms with Gasteiger partial charge in [0.1, 0.15) is 5.75 Å². The number of aliphatic imine (C=N–C) groups is 1. The third kappa shape index (κ3) is 4.69. The molecule has 1 N–H and O–H groups in total. The van der Waals surface area contributed by atoms with Crippen molar-refractivity contribution in [1.29, 1.82) is 0 Å². The predicted molar refractivity (Wildman–Crippen MR) is 116 cm³/mol. The quantitative estimate of drug-likeness (QED) is 0.511. The van der Waals surface area contributed by atoms with E-state index in [1.807, 2.05) is 32.9 Å². The summed E-state index contributed by atoms with van der Waals surface area (Å²) >= 11 is 0. The van der Waals surface area contributed by atoms with E-state index in [0.29, 0.717) is 42.8 Å². The number of carbonyl (C=O) groups is 2. The fourth-order valence-corrected chi connectivity index (χ4v) is 3.32. The number of fused-ring (bicyclic) bond motifs is 1. The van der Waals surface area contributed by atoms with Crippen molar-refractivity contribution < 1.29 is 28.5 Å². The monoisotopic (exact) mass is 426 g/mol. The van der Waals surface area contributed by atoms with Crippen LogP contribution in [0.5, 0.6) is 23.0 Å². The zero-order valence-corrected chi connectivity index (χ0v) is 18.1. The van der Waals surface area contributed by atoms with Crippen molar-refractivity contribution in [2.45, 2.75) is 26.8 Å². The number of para-hydroxylation sites is 1. The van der Waals surface area contributed by atoms with Gasteiger partial charge < -0.3 is 24.3 Å². The van der Waals surface area contributed by atoms with Gasteiger partial charge in [-0.3, -0.25) is 4.79 Å². The van der Waals surface area contributed by atoms with E-state index in [1.165, 1.54) is 0 Å². The third-order valence-electron chi connectivity index (χ3n) is 4.58. The van der Waals surface area contributed by atoms with Gasteiger partial charge in [0.2, 0.25) is 5.75 Å². The largest absolute Gasteiger partial charge is 0.490 e. The van der Waals surface area contributed by atoms with E-state index in [1.54, 1.807) is 31.3 Å². The molecule has 2 aromatic carbocycles. The number of esters is 1. The minimum Gasteiger partial charge on any atom is -0.490 e. The van der Waals surface area contributed by atoms with Crippen LogP contribution in [0.15, 0.2) is 41.4 Å². The summed E-state index contributed by atoms with van der Waals surface area (Å²) in [5.41, 5.74) is 0.924. The van der Waals surface area contributed by atoms with Gasteiger partial charge in [-0.2, -0.15) is 0 Å². The molecule has 164 valence electrons. The lowest BCUT2D eigenvalue weighted by Crippen LogP contribution is -2.38. The zero-order chi connectivity index (χ0) is 22.4. The van der Waals surface area contributed by atoms with E-state index in [2.05, 4.69) is 10.3 Å². The first-order chi connectivity index (χ1) is 15.0. The minimum absolute atomic E-state index is 0.0176. The van der Waals surface area contributed by atoms with Crippen molar-refractivity contribution in [2.24, 2.45) is 4.99 Å². The number of ether oxygens (including phenoxy) is 4. The van der Waals surface area contributed by atoms with Crippen molar-refractivity contribution in [3.8, 4) is 23.0 Å². The van der Waals surface area contributed by atoms with E-state index in [0.717, 1.165) is 5.56 Å². The lowest BCUT2D eigenvalue weighted by Gasteiger charge is -2.25. The molecule has 1 aliphatic rings. The molecule has 0 saturated carbocycles. The Balaban J connectivity index is 2.03. The van der Waals surface area contributed by atoms with Crippen LogP contribution < -0.4 is 24.3 Å². The molecule has 1 aliphatic heterocycles. The average molecular weight is 426 g/mol. The van der Waals surface area contributed by atoms with E-state index in [-0.39, 0.29) is 11.3 Å². The van der Waals surface area contributed by atoms with Crippen molar-refractivity contribution >= 4 is 17.6 Å². The van der Waals surface area contributed by atoms with E-state index in [4.69, 9.17) is 18.9 Å². The van der Waals surface area contributed by atoms with Gasteiger partial charge in [0, 0.05) is 11.1 Å². The highest BCUT2D eigenvalue weighted by atomic mass is 16.5. The van der Waals surface area contributed by atoms with Gasteiger partial charge in [-0.25, -0.2) is 9.79 Å². The molecule has 0 radical (unpaired) electrons. The Bertz CT molecular complexity index is 974. The highest BCUT2D eigenvalue weighted by Crippen LogP contribution is 2.39. The van der Waals surface area contributed by atoms with Gasteiger partial charge in [-0.1, -0.05) is 18.2 Å². The summed E-state index contributed by atoms with van der Waals surface area (Å²) in [5.74, 6) is 0.330. The third-order valence-corrected chi connectivity index (χ3v) is 4.58. The molecule has 1 unspecified atom stereocenters. The molecule has 0 aliphatic carbocycles. The number of benzene rings is 2. The molecular weight excluding hydrogens is 400 g/mol. The molecule has 8 nitrogen and oxygen atoms in total. The smallest absolute Gasteiger partial charge is 0.360 e. The second-order valence-corrected chi connectivity index (χ2v) is 6.55. The lowest BCUT2D eigenvalue weighted by atomic mass is 9.98. The summed E-state index contributed by atoms with van der Waals surface area (Å²) in [6, 6.07) is 9.64. The summed E-state index contributed by atoms with van der Waals surface area (Å²) in [6.07, 6.45) is 0. The number of hydrogen-bond acceptors (Lipinski definition) is 7. The summed E-state index contributed by atoms with van der Waals surface area (Å²) in [6.45, 7) is 6.67. The number of nitrogens with one attached hydrogen (secondary N) is 1. The lowest BCUT2D eigenvalue weighted by molar-refractivity contribution is -0.127. The second kappa shape index (κ2) is 10.1. The summed E-state index contributed by atoms with van der Waals surface area (Å²) in [5, 5.41) is 3.03. The van der Waals surface area contributed by atoms with Crippen LogP contribution >= 0.6 is 0 Å². The molecule has 0 spiro atoms. The van der Waals surface area contributed by atoms with Crippen LogP contribution in [0.4, 0.5) is 0 Å². The Morgan fingerprint density at radius 1 is 1.03 bits per heavy atom. The van der Waals surface area contributed by atoms with Gasteiger partial charge in [0.05, 0.1) is 25.9 Å². The van der Waals surface area contributed by atoms with Crippen molar-refractivity contribution in [1.82, 2.24) is 5.32 Å². The first-order valence-corrected chi connectivity index (χ1v) is 10.2. The Morgan fingerprint density at radius 2 is 1.65 bits per heavy atom. The molecule has 0 saturated heterocycles. The Kier molecular flexibility index (Phi) is 7.25. The highest BCUT2D eigenvalue weighted by Gasteiger charge is 2.34. The molecular formula is C23H26N2O6. The molecule has 0 aromatic heterocycles. The summed E-state index contributed by atoms with van der Waals surface area (Å²) in [7, 11) is 1.69. The van der Waals surface area contributed by atoms with E-state index >= 15 is 0 Å². The Hall–Kier alpha value is -3.39. The highest BCUT2D eigenvalue weighted by molar-refractivity contribution is 6.42. The van der Waals surface area contributed by atoms with Gasteiger partial charge in [0.25, 0.3) is 5.91 Å². The van der Waals surface area contributed by atoms with Gasteiger partial charge in [-0.15, -0.1) is 0 Å². The minimum atomic E-state index is -0.674. The maximum Gasteiger partial charge on any atom is 0.360 e. The Labute approximate surface area is 181 Å². The van der Waals surface area contributed by atoms with Gasteiger partial charge in [0.15, 0.2) is 17.2 Å². The molecule has 3 rings (SSSR count). The first kappa shape index (κ1) is 22.3. The topological polar surface area (TPSA) is 95.5 Å². The number of amides is 1. The van der Waals surface area contributed by atoms with Crippen molar-refractivity contribution in [3.63, 3.8) is 0 Å². The van der Waals surface area contributed by atoms with Crippen LogP contribution in [0.1, 0.15) is 42.7 Å². The number of nitrogens with zero attached hydrogens (tertiary/aromatic N) is 1. The molecule has 0 bridgehead atoms. The van der Waals surface area contributed by atoms with Crippen molar-refractivity contribution in [2.75, 3.05) is 26.9 Å². The van der Waals surface area contributed by atoms with Crippen LogP contribution in [0, 0.1) is 0 Å². The normalized spacial score (nSPS) is 16.5. The van der Waals surface area contributed by atoms with E-state index in [9.17, 15) is 9.59 Å². The maximum atomic E-state index is 13.0. The molecule has 1 amide bonds. The van der Waals surface area contributed by atoms with Crippen LogP contribution in [0.25, 0.3) is 0 Å². The number of carbonyl (C=O) groups excluding carboxylic acids is 2. The molecule has 8 heteroatoms. The number of rotatable bonds is 8. The van der Waals surface area contributed by atoms with Crippen molar-refractivity contribution in [3.05, 3.63) is 47.5 Å². The summed E-state index contributed by atoms with van der Waals surface area (Å²) < 4.78 is 22.3. The van der Waals surface area contributed by atoms with Crippen LogP contribution in [-0.2, 0) is 4.79 Å². The van der Waals surface area contributed by atoms with Gasteiger partial charge >= 0.3 is 5.97 Å². The van der Waals surface area contributed by atoms with Crippen LogP contribution in [0.2, 0.25) is 0 Å². The fourth-order valence-electron chi connectivity index (χ4n) is 3.32. The van der Waals surface area contributed by atoms with Crippen LogP contribution in [0.3, 0.4) is 0 Å². The molecule has 31 heavy (non-hydrogen) atoms. The maximum absolute atomic E-state index is 13.0. The predicted octanol–water partition coefficient (Wildman–Crippen LogP) is 3.34. The molecule has 2 aromatic rings. The SMILES string of the molecule is CCOc1cc(C(=O)N=C2C(=O)Oc3ccccc3C2NC)cc(OCC)c1OCC. The standard InChI is InChI=1S/C23H26N2O6/c1-5-28-17-12-14(13-18(29-6-2)21(17)30-7-3)22(26)25-20-19(24-4)15-10-8-9-11-16(15)31-23(20)27/h8-13,19,24H,5-7H2,1-4H3. The second-order valence-electron chi connectivity index (χ2n) is 6.55. The Morgan fingerprint density at radius 3 is 2.23 bits per heavy atom. The molecule has 0 fully saturated rings. The molecule has 1 heterocycles. The molecule has 1 atom stereocenters. The zero-order valence-electron chi connectivity index (χ0n) is 18.1. The van der Waals surface area contributed by atoms with Crippen LogP contribution in [-0.4, -0.2) is 44.5 Å². The summed E-state index contributed by atoms with van der Waals surface area (Å²) in [4.78, 5) is 29.7. The van der Waals surface area contributed by atoms with Gasteiger partial charge in [-0.05, 0) is 46.0 Å². The fraction of sp³-hybridized carbons (Fsp3) is 0.348.